The molecule has 1 aliphatic heterocycles. The van der Waals surface area contributed by atoms with Crippen LogP contribution in [-0.2, 0) is 0 Å². The van der Waals surface area contributed by atoms with Crippen molar-refractivity contribution in [3.8, 4) is 5.75 Å². The highest BCUT2D eigenvalue weighted by Crippen LogP contribution is 2.30. The van der Waals surface area contributed by atoms with Crippen molar-refractivity contribution in [3.63, 3.8) is 0 Å². The lowest BCUT2D eigenvalue weighted by Crippen LogP contribution is -2.14. The highest BCUT2D eigenvalue weighted by Gasteiger charge is 2.22. The van der Waals surface area contributed by atoms with E-state index in [0.29, 0.717) is 5.56 Å². The van der Waals surface area contributed by atoms with E-state index in [-0.39, 0.29) is 17.4 Å². The Balaban J connectivity index is 2.45. The molecule has 92 valence electrons. The van der Waals surface area contributed by atoms with Crippen molar-refractivity contribution >= 4 is 5.97 Å². The first-order chi connectivity index (χ1) is 8.13. The molecule has 1 aliphatic rings. The molecule has 0 spiro atoms. The molecule has 2 N–H and O–H groups in total. The summed E-state index contributed by atoms with van der Waals surface area (Å²) in [6.45, 7) is 0.876. The van der Waals surface area contributed by atoms with Crippen molar-refractivity contribution in [1.82, 2.24) is 5.32 Å². The van der Waals surface area contributed by atoms with E-state index >= 15 is 0 Å². The fourth-order valence-electron chi connectivity index (χ4n) is 2.15. The van der Waals surface area contributed by atoms with Gasteiger partial charge in [0.1, 0.15) is 5.56 Å². The molecule has 1 saturated heterocycles. The van der Waals surface area contributed by atoms with Gasteiger partial charge in [0.05, 0.1) is 7.11 Å². The van der Waals surface area contributed by atoms with E-state index in [4.69, 9.17) is 9.84 Å². The van der Waals surface area contributed by atoms with Gasteiger partial charge in [0, 0.05) is 6.04 Å². The van der Waals surface area contributed by atoms with Gasteiger partial charge in [-0.2, -0.15) is 0 Å². The monoisotopic (exact) mass is 239 g/mol. The van der Waals surface area contributed by atoms with Crippen LogP contribution in [-0.4, -0.2) is 24.7 Å². The van der Waals surface area contributed by atoms with E-state index in [1.807, 2.05) is 0 Å². The average molecular weight is 239 g/mol. The molecule has 0 bridgehead atoms. The number of methoxy groups -OCH3 is 1. The molecule has 1 atom stereocenters. The lowest BCUT2D eigenvalue weighted by atomic mass is 10.0. The minimum absolute atomic E-state index is 0.0357. The van der Waals surface area contributed by atoms with Gasteiger partial charge in [-0.3, -0.25) is 0 Å². The molecule has 1 heterocycles. The van der Waals surface area contributed by atoms with E-state index in [1.54, 1.807) is 0 Å². The van der Waals surface area contributed by atoms with Crippen LogP contribution in [0, 0.1) is 5.82 Å². The number of carboxylic acids is 1. The second-order valence-corrected chi connectivity index (χ2v) is 4.04. The van der Waals surface area contributed by atoms with Crippen LogP contribution in [0.15, 0.2) is 12.1 Å². The first-order valence-electron chi connectivity index (χ1n) is 5.47. The molecule has 1 unspecified atom stereocenters. The van der Waals surface area contributed by atoms with Gasteiger partial charge in [0.2, 0.25) is 0 Å². The summed E-state index contributed by atoms with van der Waals surface area (Å²) in [6, 6.07) is 2.86. The average Bonchev–Trinajstić information content (AvgIpc) is 2.81. The SMILES string of the molecule is COc1c(F)cc(C2CCCN2)cc1C(=O)O. The highest BCUT2D eigenvalue weighted by atomic mass is 19.1. The Kier molecular flexibility index (Phi) is 3.28. The van der Waals surface area contributed by atoms with Gasteiger partial charge in [-0.1, -0.05) is 0 Å². The maximum Gasteiger partial charge on any atom is 0.339 e. The van der Waals surface area contributed by atoms with E-state index in [1.165, 1.54) is 19.2 Å². The van der Waals surface area contributed by atoms with Gasteiger partial charge in [-0.05, 0) is 37.1 Å². The zero-order valence-corrected chi connectivity index (χ0v) is 9.50. The first-order valence-corrected chi connectivity index (χ1v) is 5.47. The molecule has 1 aromatic carbocycles. The summed E-state index contributed by atoms with van der Waals surface area (Å²) in [6.07, 6.45) is 1.91. The van der Waals surface area contributed by atoms with Crippen LogP contribution in [0.1, 0.15) is 34.8 Å². The van der Waals surface area contributed by atoms with Gasteiger partial charge in [0.25, 0.3) is 0 Å². The van der Waals surface area contributed by atoms with E-state index in [2.05, 4.69) is 5.32 Å². The van der Waals surface area contributed by atoms with E-state index < -0.39 is 11.8 Å². The highest BCUT2D eigenvalue weighted by molar-refractivity contribution is 5.91. The standard InChI is InChI=1S/C12H14FNO3/c1-17-11-8(12(15)16)5-7(6-9(11)13)10-3-2-4-14-10/h5-6,10,14H,2-4H2,1H3,(H,15,16). The Labute approximate surface area is 98.4 Å². The first kappa shape index (κ1) is 11.9. The zero-order valence-electron chi connectivity index (χ0n) is 9.50. The smallest absolute Gasteiger partial charge is 0.339 e. The summed E-state index contributed by atoms with van der Waals surface area (Å²) in [5.41, 5.74) is 0.536. The maximum atomic E-state index is 13.7. The number of benzene rings is 1. The Hall–Kier alpha value is -1.62. The number of ether oxygens (including phenoxy) is 1. The van der Waals surface area contributed by atoms with E-state index in [0.717, 1.165) is 19.4 Å². The van der Waals surface area contributed by atoms with Crippen molar-refractivity contribution in [1.29, 1.82) is 0 Å². The Bertz CT molecular complexity index is 442. The van der Waals surface area contributed by atoms with Crippen molar-refractivity contribution in [2.75, 3.05) is 13.7 Å². The number of carbonyl (C=O) groups is 1. The van der Waals surface area contributed by atoms with Crippen LogP contribution < -0.4 is 10.1 Å². The lowest BCUT2D eigenvalue weighted by molar-refractivity contribution is 0.0692. The minimum Gasteiger partial charge on any atom is -0.493 e. The molecule has 0 aromatic heterocycles. The molecule has 5 heteroatoms. The van der Waals surface area contributed by atoms with Crippen molar-refractivity contribution in [2.24, 2.45) is 0 Å². The third kappa shape index (κ3) is 2.24. The summed E-state index contributed by atoms with van der Waals surface area (Å²) in [7, 11) is 1.26. The Morgan fingerprint density at radius 1 is 1.59 bits per heavy atom. The fraction of sp³-hybridized carbons (Fsp3) is 0.417. The topological polar surface area (TPSA) is 58.6 Å². The number of aromatic carboxylic acids is 1. The van der Waals surface area contributed by atoms with Crippen molar-refractivity contribution < 1.29 is 19.0 Å². The third-order valence-corrected chi connectivity index (χ3v) is 2.96. The minimum atomic E-state index is -1.18. The molecule has 1 aromatic rings. The normalized spacial score (nSPS) is 19.3. The molecule has 0 saturated carbocycles. The number of nitrogens with one attached hydrogen (secondary N) is 1. The van der Waals surface area contributed by atoms with Crippen LogP contribution in [0.2, 0.25) is 0 Å². The van der Waals surface area contributed by atoms with Crippen LogP contribution in [0.5, 0.6) is 5.75 Å². The second-order valence-electron chi connectivity index (χ2n) is 4.04. The predicted molar refractivity (Wildman–Crippen MR) is 59.9 cm³/mol. The van der Waals surface area contributed by atoms with Gasteiger partial charge in [-0.25, -0.2) is 9.18 Å². The van der Waals surface area contributed by atoms with Crippen LogP contribution in [0.25, 0.3) is 0 Å². The fourth-order valence-corrected chi connectivity index (χ4v) is 2.15. The van der Waals surface area contributed by atoms with Crippen LogP contribution >= 0.6 is 0 Å². The summed E-state index contributed by atoms with van der Waals surface area (Å²) in [5.74, 6) is -2.02. The van der Waals surface area contributed by atoms with Crippen LogP contribution in [0.4, 0.5) is 4.39 Å². The molecule has 17 heavy (non-hydrogen) atoms. The molecule has 4 nitrogen and oxygen atoms in total. The molecular weight excluding hydrogens is 225 g/mol. The number of rotatable bonds is 3. The van der Waals surface area contributed by atoms with Gasteiger partial charge in [-0.15, -0.1) is 0 Å². The number of carboxylic acid groups (broad SMARTS) is 1. The lowest BCUT2D eigenvalue weighted by Gasteiger charge is -2.14. The van der Waals surface area contributed by atoms with Crippen molar-refractivity contribution in [3.05, 3.63) is 29.1 Å². The van der Waals surface area contributed by atoms with Crippen LogP contribution in [0.3, 0.4) is 0 Å². The van der Waals surface area contributed by atoms with Gasteiger partial charge < -0.3 is 15.2 Å². The Morgan fingerprint density at radius 3 is 2.88 bits per heavy atom. The molecule has 0 amide bonds. The molecule has 1 fully saturated rings. The predicted octanol–water partition coefficient (Wildman–Crippen LogP) is 1.96. The zero-order chi connectivity index (χ0) is 12.4. The number of hydrogen-bond acceptors (Lipinski definition) is 3. The quantitative estimate of drug-likeness (QED) is 0.846. The summed E-state index contributed by atoms with van der Waals surface area (Å²) in [5, 5.41) is 12.2. The largest absolute Gasteiger partial charge is 0.493 e. The molecule has 0 aliphatic carbocycles. The van der Waals surface area contributed by atoms with Gasteiger partial charge in [0.15, 0.2) is 11.6 Å². The summed E-state index contributed by atoms with van der Waals surface area (Å²) >= 11 is 0. The molecule has 0 radical (unpaired) electrons. The number of halogens is 1. The van der Waals surface area contributed by atoms with E-state index in [9.17, 15) is 9.18 Å². The summed E-state index contributed by atoms with van der Waals surface area (Å²) in [4.78, 5) is 11.0. The van der Waals surface area contributed by atoms with Crippen molar-refractivity contribution in [2.45, 2.75) is 18.9 Å². The Morgan fingerprint density at radius 2 is 2.35 bits per heavy atom. The third-order valence-electron chi connectivity index (χ3n) is 2.96. The maximum absolute atomic E-state index is 13.7. The number of hydrogen-bond donors (Lipinski definition) is 2. The summed E-state index contributed by atoms with van der Waals surface area (Å²) < 4.78 is 18.5. The molecular formula is C12H14FNO3. The molecule has 2 rings (SSSR count). The van der Waals surface area contributed by atoms with Gasteiger partial charge >= 0.3 is 5.97 Å². The second kappa shape index (κ2) is 4.71.